The Morgan fingerprint density at radius 2 is 2.21 bits per heavy atom. The predicted molar refractivity (Wildman–Crippen MR) is 81.8 cm³/mol. The number of carbonyl (C=O) groups excluding carboxylic acids is 1. The smallest absolute Gasteiger partial charge is 0.393 e. The molecule has 2 heterocycles. The molecule has 1 aromatic carbocycles. The van der Waals surface area contributed by atoms with Gasteiger partial charge in [-0.05, 0) is 25.0 Å². The normalized spacial score (nSPS) is 18.8. The molecule has 0 spiro atoms. The number of furan rings is 1. The number of piperidine rings is 1. The van der Waals surface area contributed by atoms with Gasteiger partial charge in [-0.3, -0.25) is 4.79 Å². The summed E-state index contributed by atoms with van der Waals surface area (Å²) in [6, 6.07) is 5.26. The molecule has 0 bridgehead atoms. The number of amides is 1. The van der Waals surface area contributed by atoms with E-state index in [1.165, 1.54) is 11.2 Å². The Morgan fingerprint density at radius 3 is 2.92 bits per heavy atom. The molecule has 0 saturated carbocycles. The monoisotopic (exact) mass is 341 g/mol. The topological polar surface area (TPSA) is 42.7 Å². The minimum Gasteiger partial charge on any atom is -0.497 e. The second-order valence-electron chi connectivity index (χ2n) is 6.02. The molecule has 7 heteroatoms. The standard InChI is InChI=1S/C17H18F3NO3/c1-23-13-4-5-14-11(10-24-15(14)8-13)7-16(22)21-6-2-3-12(9-21)17(18,19)20/h4-5,8,10,12H,2-3,6-7,9H2,1H3/t12-/m0/s1. The zero-order chi connectivity index (χ0) is 17.3. The number of ether oxygens (including phenoxy) is 1. The Kier molecular flexibility index (Phi) is 4.43. The SMILES string of the molecule is COc1ccc2c(CC(=O)N3CCC[C@H](C(F)(F)F)C3)coc2c1. The fourth-order valence-electron chi connectivity index (χ4n) is 3.07. The first kappa shape index (κ1) is 16.7. The van der Waals surface area contributed by atoms with Gasteiger partial charge in [0.05, 0.1) is 25.7 Å². The zero-order valence-electron chi connectivity index (χ0n) is 13.2. The molecule has 4 nitrogen and oxygen atoms in total. The summed E-state index contributed by atoms with van der Waals surface area (Å²) in [4.78, 5) is 13.7. The van der Waals surface area contributed by atoms with Crippen LogP contribution in [0.15, 0.2) is 28.9 Å². The lowest BCUT2D eigenvalue weighted by Gasteiger charge is -2.33. The van der Waals surface area contributed by atoms with Crippen LogP contribution in [0.25, 0.3) is 11.0 Å². The second-order valence-corrected chi connectivity index (χ2v) is 6.02. The Bertz CT molecular complexity index is 738. The van der Waals surface area contributed by atoms with E-state index in [0.717, 1.165) is 5.39 Å². The van der Waals surface area contributed by atoms with Gasteiger partial charge in [0.1, 0.15) is 11.3 Å². The highest BCUT2D eigenvalue weighted by Gasteiger charge is 2.42. The van der Waals surface area contributed by atoms with E-state index in [-0.39, 0.29) is 25.3 Å². The Morgan fingerprint density at radius 1 is 1.42 bits per heavy atom. The number of methoxy groups -OCH3 is 1. The summed E-state index contributed by atoms with van der Waals surface area (Å²) in [5, 5.41) is 0.772. The van der Waals surface area contributed by atoms with Gasteiger partial charge >= 0.3 is 6.18 Å². The first-order valence-corrected chi connectivity index (χ1v) is 7.77. The van der Waals surface area contributed by atoms with Crippen LogP contribution in [0.1, 0.15) is 18.4 Å². The van der Waals surface area contributed by atoms with Crippen molar-refractivity contribution in [3.8, 4) is 5.75 Å². The fourth-order valence-corrected chi connectivity index (χ4v) is 3.07. The predicted octanol–water partition coefficient (Wildman–Crippen LogP) is 3.78. The number of rotatable bonds is 3. The van der Waals surface area contributed by atoms with Gasteiger partial charge in [0.15, 0.2) is 0 Å². The summed E-state index contributed by atoms with van der Waals surface area (Å²) >= 11 is 0. The molecular weight excluding hydrogens is 323 g/mol. The molecule has 1 atom stereocenters. The van der Waals surface area contributed by atoms with Crippen molar-refractivity contribution >= 4 is 16.9 Å². The van der Waals surface area contributed by atoms with Crippen molar-refractivity contribution in [3.63, 3.8) is 0 Å². The minimum atomic E-state index is -4.25. The molecule has 130 valence electrons. The number of alkyl halides is 3. The molecule has 1 aliphatic heterocycles. The van der Waals surface area contributed by atoms with E-state index in [0.29, 0.717) is 29.9 Å². The zero-order valence-corrected chi connectivity index (χ0v) is 13.2. The van der Waals surface area contributed by atoms with Crippen LogP contribution < -0.4 is 4.74 Å². The molecule has 0 aliphatic carbocycles. The summed E-state index contributed by atoms with van der Waals surface area (Å²) in [5.41, 5.74) is 1.26. The van der Waals surface area contributed by atoms with Gasteiger partial charge in [0.2, 0.25) is 5.91 Å². The number of nitrogens with zero attached hydrogens (tertiary/aromatic N) is 1. The molecular formula is C17H18F3NO3. The van der Waals surface area contributed by atoms with Crippen LogP contribution in [0.4, 0.5) is 13.2 Å². The van der Waals surface area contributed by atoms with Crippen molar-refractivity contribution < 1.29 is 27.1 Å². The average molecular weight is 341 g/mol. The van der Waals surface area contributed by atoms with Crippen LogP contribution in [-0.4, -0.2) is 37.2 Å². The van der Waals surface area contributed by atoms with Crippen molar-refractivity contribution in [2.45, 2.75) is 25.4 Å². The molecule has 0 radical (unpaired) electrons. The molecule has 0 unspecified atom stereocenters. The van der Waals surface area contributed by atoms with Crippen molar-refractivity contribution in [1.82, 2.24) is 4.90 Å². The van der Waals surface area contributed by atoms with E-state index in [1.54, 1.807) is 25.3 Å². The molecule has 1 saturated heterocycles. The van der Waals surface area contributed by atoms with Gasteiger partial charge < -0.3 is 14.1 Å². The van der Waals surface area contributed by atoms with E-state index in [2.05, 4.69) is 0 Å². The third kappa shape index (κ3) is 3.34. The van der Waals surface area contributed by atoms with Gasteiger partial charge in [-0.15, -0.1) is 0 Å². The third-order valence-electron chi connectivity index (χ3n) is 4.44. The summed E-state index contributed by atoms with van der Waals surface area (Å²) in [5.74, 6) is -1.10. The number of carbonyl (C=O) groups is 1. The van der Waals surface area contributed by atoms with Crippen LogP contribution in [-0.2, 0) is 11.2 Å². The summed E-state index contributed by atoms with van der Waals surface area (Å²) < 4.78 is 49.1. The number of hydrogen-bond acceptors (Lipinski definition) is 3. The van der Waals surface area contributed by atoms with Crippen LogP contribution in [0.3, 0.4) is 0 Å². The summed E-state index contributed by atoms with van der Waals surface area (Å²) in [7, 11) is 1.54. The molecule has 1 aliphatic rings. The quantitative estimate of drug-likeness (QED) is 0.853. The number of halogens is 3. The van der Waals surface area contributed by atoms with Crippen LogP contribution in [0.2, 0.25) is 0 Å². The van der Waals surface area contributed by atoms with Gasteiger partial charge in [-0.25, -0.2) is 0 Å². The maximum absolute atomic E-state index is 12.9. The van der Waals surface area contributed by atoms with E-state index in [1.807, 2.05) is 0 Å². The van der Waals surface area contributed by atoms with Crippen molar-refractivity contribution in [1.29, 1.82) is 0 Å². The number of fused-ring (bicyclic) bond motifs is 1. The molecule has 3 rings (SSSR count). The Balaban J connectivity index is 1.73. The molecule has 1 amide bonds. The number of likely N-dealkylation sites (tertiary alicyclic amines) is 1. The molecule has 2 aromatic rings. The highest BCUT2D eigenvalue weighted by atomic mass is 19.4. The Hall–Kier alpha value is -2.18. The fraction of sp³-hybridized carbons (Fsp3) is 0.471. The molecule has 1 fully saturated rings. The maximum atomic E-state index is 12.9. The lowest BCUT2D eigenvalue weighted by Crippen LogP contribution is -2.45. The third-order valence-corrected chi connectivity index (χ3v) is 4.44. The van der Waals surface area contributed by atoms with E-state index in [4.69, 9.17) is 9.15 Å². The van der Waals surface area contributed by atoms with Crippen molar-refractivity contribution in [2.75, 3.05) is 20.2 Å². The first-order chi connectivity index (χ1) is 11.4. The average Bonchev–Trinajstić information content (AvgIpc) is 2.96. The minimum absolute atomic E-state index is 0.0317. The summed E-state index contributed by atoms with van der Waals surface area (Å²) in [6.45, 7) is 0.112. The highest BCUT2D eigenvalue weighted by Crippen LogP contribution is 2.33. The van der Waals surface area contributed by atoms with Crippen molar-refractivity contribution in [2.24, 2.45) is 5.92 Å². The summed E-state index contributed by atoms with van der Waals surface area (Å²) in [6.07, 6.45) is -2.28. The number of hydrogen-bond donors (Lipinski definition) is 0. The van der Waals surface area contributed by atoms with Crippen LogP contribution in [0, 0.1) is 5.92 Å². The molecule has 24 heavy (non-hydrogen) atoms. The van der Waals surface area contributed by atoms with Gasteiger partial charge in [-0.2, -0.15) is 13.2 Å². The Labute approximate surface area is 137 Å². The number of benzene rings is 1. The van der Waals surface area contributed by atoms with E-state index in [9.17, 15) is 18.0 Å². The highest BCUT2D eigenvalue weighted by molar-refractivity contribution is 5.88. The van der Waals surface area contributed by atoms with Gasteiger partial charge in [0.25, 0.3) is 0 Å². The van der Waals surface area contributed by atoms with Crippen LogP contribution >= 0.6 is 0 Å². The second kappa shape index (κ2) is 6.37. The van der Waals surface area contributed by atoms with E-state index < -0.39 is 12.1 Å². The maximum Gasteiger partial charge on any atom is 0.393 e. The first-order valence-electron chi connectivity index (χ1n) is 7.77. The molecule has 1 aromatic heterocycles. The lowest BCUT2D eigenvalue weighted by atomic mass is 9.97. The lowest BCUT2D eigenvalue weighted by molar-refractivity contribution is -0.187. The van der Waals surface area contributed by atoms with Gasteiger partial charge in [0, 0.05) is 30.1 Å². The molecule has 0 N–H and O–H groups in total. The van der Waals surface area contributed by atoms with Crippen molar-refractivity contribution in [3.05, 3.63) is 30.0 Å². The van der Waals surface area contributed by atoms with E-state index >= 15 is 0 Å². The van der Waals surface area contributed by atoms with Crippen LogP contribution in [0.5, 0.6) is 5.75 Å². The van der Waals surface area contributed by atoms with Gasteiger partial charge in [-0.1, -0.05) is 0 Å². The largest absolute Gasteiger partial charge is 0.497 e.